The van der Waals surface area contributed by atoms with Crippen LogP contribution in [0, 0.1) is 11.8 Å². The van der Waals surface area contributed by atoms with Gasteiger partial charge in [-0.1, -0.05) is 11.8 Å². The third-order valence-corrected chi connectivity index (χ3v) is 6.82. The zero-order valence-corrected chi connectivity index (χ0v) is 14.5. The quantitative estimate of drug-likeness (QED) is 0.767. The summed E-state index contributed by atoms with van der Waals surface area (Å²) in [6.45, 7) is 1.08. The molecule has 3 aliphatic carbocycles. The van der Waals surface area contributed by atoms with Crippen molar-refractivity contribution in [3.8, 4) is 0 Å². The number of halogens is 2. The summed E-state index contributed by atoms with van der Waals surface area (Å²) in [5, 5.41) is 5.23. The number of nitrogens with two attached hydrogens (primary N) is 1. The molecule has 1 aliphatic heterocycles. The van der Waals surface area contributed by atoms with Crippen LogP contribution in [0.5, 0.6) is 0 Å². The molecule has 3 atom stereocenters. The van der Waals surface area contributed by atoms with E-state index in [2.05, 4.69) is 10.2 Å². The Labute approximate surface area is 145 Å². The molecule has 24 heavy (non-hydrogen) atoms. The van der Waals surface area contributed by atoms with Gasteiger partial charge in [0.15, 0.2) is 5.37 Å². The normalized spacial score (nSPS) is 35.8. The second-order valence-electron chi connectivity index (χ2n) is 7.73. The molecule has 134 valence electrons. The van der Waals surface area contributed by atoms with Crippen molar-refractivity contribution in [1.82, 2.24) is 10.2 Å². The van der Waals surface area contributed by atoms with E-state index >= 15 is 0 Å². The Balaban J connectivity index is 1.42. The third kappa shape index (κ3) is 3.43. The number of hydrogen-bond acceptors (Lipinski definition) is 4. The Kier molecular flexibility index (Phi) is 4.27. The van der Waals surface area contributed by atoms with Crippen molar-refractivity contribution in [3.05, 3.63) is 11.1 Å². The summed E-state index contributed by atoms with van der Waals surface area (Å²) in [6.07, 6.45) is 4.41. The molecule has 0 aromatic rings. The molecular formula is C17H25F2N3OS. The number of amides is 1. The first-order valence-electron chi connectivity index (χ1n) is 8.99. The highest BCUT2D eigenvalue weighted by molar-refractivity contribution is 8.03. The Morgan fingerprint density at radius 3 is 2.67 bits per heavy atom. The van der Waals surface area contributed by atoms with E-state index in [0.29, 0.717) is 24.8 Å². The molecule has 3 N–H and O–H groups in total. The van der Waals surface area contributed by atoms with Crippen molar-refractivity contribution < 1.29 is 13.6 Å². The van der Waals surface area contributed by atoms with Gasteiger partial charge in [0.2, 0.25) is 5.92 Å². The lowest BCUT2D eigenvalue weighted by atomic mass is 9.90. The van der Waals surface area contributed by atoms with E-state index in [1.807, 2.05) is 5.41 Å². The lowest BCUT2D eigenvalue weighted by Crippen LogP contribution is -2.48. The number of hydrogen-bond donors (Lipinski definition) is 2. The van der Waals surface area contributed by atoms with Crippen molar-refractivity contribution in [2.75, 3.05) is 6.54 Å². The third-order valence-electron chi connectivity index (χ3n) is 5.73. The van der Waals surface area contributed by atoms with Crippen molar-refractivity contribution in [3.63, 3.8) is 0 Å². The lowest BCUT2D eigenvalue weighted by Gasteiger charge is -2.39. The standard InChI is InChI=1S/C17H25F2N3OS/c18-17(19)5-3-11(4-6-17)22-14(9-24-16(22)15(20)23)12-7-13(12)21-8-10-1-2-10/h9-13,16,21H,1-8H2,(H2,20,23). The van der Waals surface area contributed by atoms with Crippen LogP contribution in [0.2, 0.25) is 0 Å². The molecule has 4 aliphatic rings. The predicted octanol–water partition coefficient (Wildman–Crippen LogP) is 2.65. The minimum absolute atomic E-state index is 0.00746. The Bertz CT molecular complexity index is 542. The molecule has 4 nitrogen and oxygen atoms in total. The highest BCUT2D eigenvalue weighted by Crippen LogP contribution is 2.49. The van der Waals surface area contributed by atoms with E-state index in [0.717, 1.165) is 24.6 Å². The molecule has 0 bridgehead atoms. The van der Waals surface area contributed by atoms with Gasteiger partial charge in [-0.25, -0.2) is 8.78 Å². The average molecular weight is 357 g/mol. The van der Waals surface area contributed by atoms with Crippen LogP contribution in [-0.4, -0.2) is 40.7 Å². The van der Waals surface area contributed by atoms with Gasteiger partial charge in [-0.15, -0.1) is 0 Å². The molecule has 1 amide bonds. The summed E-state index contributed by atoms with van der Waals surface area (Å²) in [6, 6.07) is 0.477. The molecule has 0 spiro atoms. The van der Waals surface area contributed by atoms with Crippen molar-refractivity contribution in [2.45, 2.75) is 68.3 Å². The predicted molar refractivity (Wildman–Crippen MR) is 90.3 cm³/mol. The summed E-state index contributed by atoms with van der Waals surface area (Å²) >= 11 is 1.44. The lowest BCUT2D eigenvalue weighted by molar-refractivity contribution is -0.121. The highest BCUT2D eigenvalue weighted by Gasteiger charge is 2.49. The zero-order chi connectivity index (χ0) is 16.9. The van der Waals surface area contributed by atoms with E-state index < -0.39 is 11.3 Å². The van der Waals surface area contributed by atoms with Gasteiger partial charge in [-0.3, -0.25) is 4.79 Å². The summed E-state index contributed by atoms with van der Waals surface area (Å²) in [7, 11) is 0. The fourth-order valence-electron chi connectivity index (χ4n) is 3.97. The average Bonchev–Trinajstić information content (AvgIpc) is 3.43. The fourth-order valence-corrected chi connectivity index (χ4v) is 5.10. The SMILES string of the molecule is NC(=O)C1SC=C(C2CC2NCC2CC2)N1C1CCC(F)(F)CC1. The maximum Gasteiger partial charge on any atom is 0.250 e. The number of thioether (sulfide) groups is 1. The first-order valence-corrected chi connectivity index (χ1v) is 9.93. The highest BCUT2D eigenvalue weighted by atomic mass is 32.2. The van der Waals surface area contributed by atoms with Crippen LogP contribution in [0.3, 0.4) is 0 Å². The van der Waals surface area contributed by atoms with Gasteiger partial charge >= 0.3 is 0 Å². The van der Waals surface area contributed by atoms with Gasteiger partial charge in [-0.05, 0) is 50.0 Å². The largest absolute Gasteiger partial charge is 0.367 e. The molecule has 0 aromatic heterocycles. The molecular weight excluding hydrogens is 332 g/mol. The van der Waals surface area contributed by atoms with E-state index in [4.69, 9.17) is 5.73 Å². The first-order chi connectivity index (χ1) is 11.4. The van der Waals surface area contributed by atoms with Crippen molar-refractivity contribution in [1.29, 1.82) is 0 Å². The van der Waals surface area contributed by atoms with Crippen molar-refractivity contribution >= 4 is 17.7 Å². The number of nitrogens with zero attached hydrogens (tertiary/aromatic N) is 1. The van der Waals surface area contributed by atoms with Crippen LogP contribution in [0.25, 0.3) is 0 Å². The van der Waals surface area contributed by atoms with Gasteiger partial charge in [0.25, 0.3) is 5.91 Å². The van der Waals surface area contributed by atoms with Crippen LogP contribution in [0.15, 0.2) is 11.1 Å². The second-order valence-corrected chi connectivity index (χ2v) is 8.68. The van der Waals surface area contributed by atoms with Gasteiger partial charge in [0, 0.05) is 36.5 Å². The minimum atomic E-state index is -2.55. The first kappa shape index (κ1) is 16.6. The second kappa shape index (κ2) is 6.16. The van der Waals surface area contributed by atoms with Crippen LogP contribution < -0.4 is 11.1 Å². The van der Waals surface area contributed by atoms with Gasteiger partial charge in [0.05, 0.1) is 0 Å². The fraction of sp³-hybridized carbons (Fsp3) is 0.824. The molecule has 4 rings (SSSR count). The van der Waals surface area contributed by atoms with Crippen LogP contribution >= 0.6 is 11.8 Å². The van der Waals surface area contributed by atoms with Gasteiger partial charge in [-0.2, -0.15) is 0 Å². The zero-order valence-electron chi connectivity index (χ0n) is 13.7. The summed E-state index contributed by atoms with van der Waals surface area (Å²) in [5.74, 6) is -1.67. The van der Waals surface area contributed by atoms with Crippen molar-refractivity contribution in [2.24, 2.45) is 17.6 Å². The Morgan fingerprint density at radius 2 is 2.04 bits per heavy atom. The summed E-state index contributed by atoms with van der Waals surface area (Å²) in [5.41, 5.74) is 6.72. The number of carbonyl (C=O) groups excluding carboxylic acids is 1. The Morgan fingerprint density at radius 1 is 1.33 bits per heavy atom. The number of carbonyl (C=O) groups is 1. The monoisotopic (exact) mass is 357 g/mol. The van der Waals surface area contributed by atoms with E-state index in [1.165, 1.54) is 24.6 Å². The van der Waals surface area contributed by atoms with E-state index in [1.54, 1.807) is 0 Å². The van der Waals surface area contributed by atoms with E-state index in [-0.39, 0.29) is 24.8 Å². The summed E-state index contributed by atoms with van der Waals surface area (Å²) in [4.78, 5) is 13.9. The number of nitrogens with one attached hydrogen (secondary N) is 1. The van der Waals surface area contributed by atoms with Gasteiger partial charge in [0.1, 0.15) is 0 Å². The molecule has 0 saturated heterocycles. The van der Waals surface area contributed by atoms with E-state index in [9.17, 15) is 13.6 Å². The topological polar surface area (TPSA) is 58.4 Å². The smallest absolute Gasteiger partial charge is 0.250 e. The minimum Gasteiger partial charge on any atom is -0.367 e. The maximum absolute atomic E-state index is 13.5. The maximum atomic E-state index is 13.5. The molecule has 3 fully saturated rings. The van der Waals surface area contributed by atoms with Crippen LogP contribution in [-0.2, 0) is 4.79 Å². The summed E-state index contributed by atoms with van der Waals surface area (Å²) < 4.78 is 27.0. The molecule has 3 unspecified atom stereocenters. The van der Waals surface area contributed by atoms with Crippen LogP contribution in [0.4, 0.5) is 8.78 Å². The Hall–Kier alpha value is -0.820. The molecule has 0 aromatic carbocycles. The number of primary amides is 1. The number of alkyl halides is 2. The van der Waals surface area contributed by atoms with Gasteiger partial charge < -0.3 is 16.0 Å². The molecule has 7 heteroatoms. The van der Waals surface area contributed by atoms with Crippen LogP contribution in [0.1, 0.15) is 44.9 Å². The number of rotatable bonds is 6. The molecule has 0 radical (unpaired) electrons. The molecule has 3 saturated carbocycles. The molecule has 1 heterocycles.